The average molecular weight is 291 g/mol. The Morgan fingerprint density at radius 3 is 2.29 bits per heavy atom. The van der Waals surface area contributed by atoms with Crippen molar-refractivity contribution < 1.29 is 10.2 Å². The Kier molecular flexibility index (Phi) is 5.38. The molecule has 1 heterocycles. The smallest absolute Gasteiger partial charge is 0.170 e. The number of para-hydroxylation sites is 1. The minimum Gasteiger partial charge on any atom is -0.395 e. The number of rotatable bonds is 7. The van der Waals surface area contributed by atoms with Gasteiger partial charge in [0.05, 0.1) is 25.4 Å². The van der Waals surface area contributed by atoms with Crippen LogP contribution in [-0.2, 0) is 6.54 Å². The lowest BCUT2D eigenvalue weighted by Gasteiger charge is -2.20. The van der Waals surface area contributed by atoms with E-state index in [4.69, 9.17) is 10.2 Å². The van der Waals surface area contributed by atoms with Gasteiger partial charge in [-0.25, -0.2) is 0 Å². The van der Waals surface area contributed by atoms with Gasteiger partial charge in [-0.2, -0.15) is 4.68 Å². The molecule has 0 aliphatic carbocycles. The van der Waals surface area contributed by atoms with Crippen molar-refractivity contribution in [2.24, 2.45) is 0 Å². The number of aromatic nitrogens is 4. The molecule has 1 aromatic carbocycles. The maximum absolute atomic E-state index is 9.08. The average Bonchev–Trinajstić information content (AvgIpc) is 2.87. The Hall–Kier alpha value is -1.83. The number of hydrogen-bond acceptors (Lipinski definition) is 6. The first-order valence-electron chi connectivity index (χ1n) is 6.95. The van der Waals surface area contributed by atoms with Crippen LogP contribution in [0.4, 0.5) is 0 Å². The molecule has 0 atom stereocenters. The second kappa shape index (κ2) is 7.26. The van der Waals surface area contributed by atoms with E-state index in [2.05, 4.69) is 15.5 Å². The molecule has 21 heavy (non-hydrogen) atoms. The number of aryl methyl sites for hydroxylation is 2. The summed E-state index contributed by atoms with van der Waals surface area (Å²) in [5.74, 6) is 0.689. The van der Waals surface area contributed by atoms with Crippen LogP contribution in [0.15, 0.2) is 18.2 Å². The highest BCUT2D eigenvalue weighted by Gasteiger charge is 2.15. The highest BCUT2D eigenvalue weighted by Crippen LogP contribution is 2.19. The summed E-state index contributed by atoms with van der Waals surface area (Å²) in [7, 11) is 0. The molecule has 2 aromatic rings. The molecule has 2 N–H and O–H groups in total. The molecule has 2 rings (SSSR count). The first-order valence-corrected chi connectivity index (χ1v) is 6.95. The van der Waals surface area contributed by atoms with Crippen LogP contribution in [0.25, 0.3) is 5.69 Å². The van der Waals surface area contributed by atoms with Gasteiger partial charge in [0.1, 0.15) is 0 Å². The first kappa shape index (κ1) is 15.6. The van der Waals surface area contributed by atoms with E-state index in [-0.39, 0.29) is 13.2 Å². The molecule has 0 unspecified atom stereocenters. The SMILES string of the molecule is Cc1cccc(C)c1-n1nnnc1CN(CCO)CCO. The molecule has 0 amide bonds. The Morgan fingerprint density at radius 1 is 1.10 bits per heavy atom. The molecular formula is C14H21N5O2. The van der Waals surface area contributed by atoms with Crippen molar-refractivity contribution in [2.75, 3.05) is 26.3 Å². The van der Waals surface area contributed by atoms with Crippen molar-refractivity contribution in [1.82, 2.24) is 25.1 Å². The van der Waals surface area contributed by atoms with Crippen LogP contribution in [0.5, 0.6) is 0 Å². The number of nitrogens with zero attached hydrogens (tertiary/aromatic N) is 5. The van der Waals surface area contributed by atoms with Crippen LogP contribution in [0.3, 0.4) is 0 Å². The molecule has 1 aromatic heterocycles. The molecule has 7 heteroatoms. The molecule has 7 nitrogen and oxygen atoms in total. The van der Waals surface area contributed by atoms with Crippen molar-refractivity contribution >= 4 is 0 Å². The summed E-state index contributed by atoms with van der Waals surface area (Å²) < 4.78 is 1.73. The number of aliphatic hydroxyl groups excluding tert-OH is 2. The van der Waals surface area contributed by atoms with Gasteiger partial charge in [-0.3, -0.25) is 4.90 Å². The van der Waals surface area contributed by atoms with E-state index in [1.807, 2.05) is 36.9 Å². The van der Waals surface area contributed by atoms with E-state index in [9.17, 15) is 0 Å². The maximum atomic E-state index is 9.08. The lowest BCUT2D eigenvalue weighted by Crippen LogP contribution is -2.30. The van der Waals surface area contributed by atoms with Crippen molar-refractivity contribution in [3.05, 3.63) is 35.2 Å². The normalized spacial score (nSPS) is 11.3. The first-order chi connectivity index (χ1) is 10.2. The minimum atomic E-state index is 0.0327. The minimum absolute atomic E-state index is 0.0327. The molecule has 0 saturated carbocycles. The highest BCUT2D eigenvalue weighted by molar-refractivity contribution is 5.46. The van der Waals surface area contributed by atoms with Crippen molar-refractivity contribution in [3.63, 3.8) is 0 Å². The van der Waals surface area contributed by atoms with Crippen molar-refractivity contribution in [3.8, 4) is 5.69 Å². The summed E-state index contributed by atoms with van der Waals surface area (Å²) in [4.78, 5) is 1.91. The third-order valence-corrected chi connectivity index (χ3v) is 3.38. The van der Waals surface area contributed by atoms with Gasteiger partial charge >= 0.3 is 0 Å². The summed E-state index contributed by atoms with van der Waals surface area (Å²) in [5.41, 5.74) is 3.17. The van der Waals surface area contributed by atoms with E-state index in [0.29, 0.717) is 25.5 Å². The summed E-state index contributed by atoms with van der Waals surface area (Å²) >= 11 is 0. The molecule has 0 spiro atoms. The Balaban J connectivity index is 2.30. The number of hydrogen-bond donors (Lipinski definition) is 2. The number of aliphatic hydroxyl groups is 2. The van der Waals surface area contributed by atoms with Crippen molar-refractivity contribution in [2.45, 2.75) is 20.4 Å². The van der Waals surface area contributed by atoms with Gasteiger partial charge < -0.3 is 10.2 Å². The number of benzene rings is 1. The lowest BCUT2D eigenvalue weighted by atomic mass is 10.1. The topological polar surface area (TPSA) is 87.3 Å². The van der Waals surface area contributed by atoms with Crippen LogP contribution in [-0.4, -0.2) is 61.6 Å². The summed E-state index contributed by atoms with van der Waals surface area (Å²) in [6.45, 7) is 5.53. The van der Waals surface area contributed by atoms with Gasteiger partial charge in [0.2, 0.25) is 0 Å². The van der Waals surface area contributed by atoms with Gasteiger partial charge in [-0.15, -0.1) is 5.10 Å². The van der Waals surface area contributed by atoms with Crippen LogP contribution in [0, 0.1) is 13.8 Å². The molecule has 0 saturated heterocycles. The standard InChI is InChI=1S/C14H21N5O2/c1-11-4-3-5-12(2)14(11)19-13(15-16-17-19)10-18(6-8-20)7-9-21/h3-5,20-21H,6-10H2,1-2H3. The fraction of sp³-hybridized carbons (Fsp3) is 0.500. The van der Waals surface area contributed by atoms with Crippen LogP contribution < -0.4 is 0 Å². The Bertz CT molecular complexity index is 558. The predicted octanol–water partition coefficient (Wildman–Crippen LogP) is 0.0657. The largest absolute Gasteiger partial charge is 0.395 e. The second-order valence-electron chi connectivity index (χ2n) is 4.97. The molecule has 0 bridgehead atoms. The third-order valence-electron chi connectivity index (χ3n) is 3.38. The molecule has 0 fully saturated rings. The summed E-state index contributed by atoms with van der Waals surface area (Å²) in [6.07, 6.45) is 0. The van der Waals surface area contributed by atoms with E-state index in [1.165, 1.54) is 0 Å². The van der Waals surface area contributed by atoms with E-state index >= 15 is 0 Å². The van der Waals surface area contributed by atoms with E-state index in [0.717, 1.165) is 16.8 Å². The van der Waals surface area contributed by atoms with Crippen LogP contribution >= 0.6 is 0 Å². The summed E-state index contributed by atoms with van der Waals surface area (Å²) in [6, 6.07) is 6.04. The monoisotopic (exact) mass is 291 g/mol. The zero-order valence-corrected chi connectivity index (χ0v) is 12.4. The van der Waals surface area contributed by atoms with Gasteiger partial charge in [0.15, 0.2) is 5.82 Å². The second-order valence-corrected chi connectivity index (χ2v) is 4.97. The molecule has 0 radical (unpaired) electrons. The van der Waals surface area contributed by atoms with Gasteiger partial charge in [-0.05, 0) is 35.4 Å². The molecule has 0 aliphatic rings. The third kappa shape index (κ3) is 3.63. The van der Waals surface area contributed by atoms with Crippen LogP contribution in [0.1, 0.15) is 17.0 Å². The van der Waals surface area contributed by atoms with E-state index < -0.39 is 0 Å². The highest BCUT2D eigenvalue weighted by atomic mass is 16.3. The maximum Gasteiger partial charge on any atom is 0.170 e. The molecular weight excluding hydrogens is 270 g/mol. The van der Waals surface area contributed by atoms with Gasteiger partial charge in [0.25, 0.3) is 0 Å². The predicted molar refractivity (Wildman–Crippen MR) is 78.1 cm³/mol. The van der Waals surface area contributed by atoms with Crippen LogP contribution in [0.2, 0.25) is 0 Å². The fourth-order valence-corrected chi connectivity index (χ4v) is 2.37. The molecule has 0 aliphatic heterocycles. The number of tetrazole rings is 1. The quantitative estimate of drug-likeness (QED) is 0.750. The van der Waals surface area contributed by atoms with E-state index in [1.54, 1.807) is 4.68 Å². The lowest BCUT2D eigenvalue weighted by molar-refractivity contribution is 0.152. The summed E-state index contributed by atoms with van der Waals surface area (Å²) in [5, 5.41) is 30.1. The fourth-order valence-electron chi connectivity index (χ4n) is 2.37. The van der Waals surface area contributed by atoms with Gasteiger partial charge in [-0.1, -0.05) is 18.2 Å². The zero-order valence-electron chi connectivity index (χ0n) is 12.4. The van der Waals surface area contributed by atoms with Crippen molar-refractivity contribution in [1.29, 1.82) is 0 Å². The Morgan fingerprint density at radius 2 is 1.71 bits per heavy atom. The molecule has 114 valence electrons. The Labute approximate surface area is 123 Å². The zero-order chi connectivity index (χ0) is 15.2. The van der Waals surface area contributed by atoms with Gasteiger partial charge in [0, 0.05) is 13.1 Å².